The summed E-state index contributed by atoms with van der Waals surface area (Å²) in [5.74, 6) is 0.898. The summed E-state index contributed by atoms with van der Waals surface area (Å²) in [5.41, 5.74) is 6.62. The van der Waals surface area contributed by atoms with Crippen LogP contribution >= 0.6 is 0 Å². The third-order valence-corrected chi connectivity index (χ3v) is 4.71. The lowest BCUT2D eigenvalue weighted by Crippen LogP contribution is -2.36. The van der Waals surface area contributed by atoms with Gasteiger partial charge in [0.1, 0.15) is 5.75 Å². The van der Waals surface area contributed by atoms with E-state index in [1.807, 2.05) is 31.0 Å². The standard InChI is InChI=1S/C19H25N5O3/c1-3-27-16-6-4-13(5-7-16)18(26)24-9-8-15(12-24)23(2)11-14-10-17(25)22-19(20)21-14/h4-7,10,15H,3,8-9,11-12H2,1-2H3,(H3,20,21,22,25)/t15-/m0/s1. The number of aromatic amines is 1. The number of hydrogen-bond acceptors (Lipinski definition) is 6. The molecule has 2 heterocycles. The minimum absolute atomic E-state index is 0.0208. The van der Waals surface area contributed by atoms with Gasteiger partial charge in [-0.05, 0) is 44.7 Å². The van der Waals surface area contributed by atoms with Crippen LogP contribution in [0.15, 0.2) is 35.1 Å². The molecule has 8 nitrogen and oxygen atoms in total. The molecule has 8 heteroatoms. The molecular weight excluding hydrogens is 346 g/mol. The Hall–Kier alpha value is -2.87. The van der Waals surface area contributed by atoms with Gasteiger partial charge in [0, 0.05) is 37.3 Å². The number of ether oxygens (including phenoxy) is 1. The van der Waals surface area contributed by atoms with E-state index in [2.05, 4.69) is 14.9 Å². The second-order valence-corrected chi connectivity index (χ2v) is 6.69. The topological polar surface area (TPSA) is 105 Å². The molecule has 27 heavy (non-hydrogen) atoms. The SMILES string of the molecule is CCOc1ccc(C(=O)N2CC[C@H](N(C)Cc3cc(=O)[nH]c(N)n3)C2)cc1. The van der Waals surface area contributed by atoms with Crippen LogP contribution in [0.1, 0.15) is 29.4 Å². The van der Waals surface area contributed by atoms with Crippen LogP contribution in [0.3, 0.4) is 0 Å². The minimum atomic E-state index is -0.260. The van der Waals surface area contributed by atoms with Gasteiger partial charge in [0.2, 0.25) is 5.95 Å². The third-order valence-electron chi connectivity index (χ3n) is 4.71. The summed E-state index contributed by atoms with van der Waals surface area (Å²) in [6.07, 6.45) is 0.873. The van der Waals surface area contributed by atoms with Crippen molar-refractivity contribution in [3.63, 3.8) is 0 Å². The summed E-state index contributed by atoms with van der Waals surface area (Å²) >= 11 is 0. The zero-order valence-electron chi connectivity index (χ0n) is 15.6. The molecule has 1 fully saturated rings. The first-order chi connectivity index (χ1) is 13.0. The lowest BCUT2D eigenvalue weighted by molar-refractivity contribution is 0.0779. The Kier molecular flexibility index (Phi) is 5.75. The first-order valence-electron chi connectivity index (χ1n) is 9.04. The van der Waals surface area contributed by atoms with Crippen LogP contribution in [0.2, 0.25) is 0 Å². The summed E-state index contributed by atoms with van der Waals surface area (Å²) in [7, 11) is 1.97. The lowest BCUT2D eigenvalue weighted by atomic mass is 10.2. The van der Waals surface area contributed by atoms with E-state index >= 15 is 0 Å². The molecule has 2 aromatic rings. The van der Waals surface area contributed by atoms with Gasteiger partial charge < -0.3 is 15.4 Å². The Labute approximate surface area is 158 Å². The van der Waals surface area contributed by atoms with Gasteiger partial charge in [-0.15, -0.1) is 0 Å². The fourth-order valence-electron chi connectivity index (χ4n) is 3.32. The number of likely N-dealkylation sites (tertiary alicyclic amines) is 1. The van der Waals surface area contributed by atoms with Gasteiger partial charge in [-0.3, -0.25) is 19.5 Å². The lowest BCUT2D eigenvalue weighted by Gasteiger charge is -2.24. The van der Waals surface area contributed by atoms with Gasteiger partial charge in [-0.25, -0.2) is 4.98 Å². The molecule has 0 saturated carbocycles. The predicted octanol–water partition coefficient (Wildman–Crippen LogP) is 1.10. The Morgan fingerprint density at radius 3 is 2.81 bits per heavy atom. The zero-order chi connectivity index (χ0) is 19.4. The van der Waals surface area contributed by atoms with E-state index in [4.69, 9.17) is 10.5 Å². The molecule has 0 unspecified atom stereocenters. The largest absolute Gasteiger partial charge is 0.494 e. The van der Waals surface area contributed by atoms with E-state index in [0.717, 1.165) is 12.2 Å². The zero-order valence-corrected chi connectivity index (χ0v) is 15.6. The van der Waals surface area contributed by atoms with Crippen molar-refractivity contribution in [2.75, 3.05) is 32.5 Å². The second kappa shape index (κ2) is 8.22. The number of nitrogens with one attached hydrogen (secondary N) is 1. The number of nitrogens with zero attached hydrogens (tertiary/aromatic N) is 3. The third kappa shape index (κ3) is 4.65. The number of anilines is 1. The van der Waals surface area contributed by atoms with Gasteiger partial charge >= 0.3 is 0 Å². The van der Waals surface area contributed by atoms with Gasteiger partial charge in [0.05, 0.1) is 12.3 Å². The van der Waals surface area contributed by atoms with Crippen molar-refractivity contribution < 1.29 is 9.53 Å². The maximum atomic E-state index is 12.7. The van der Waals surface area contributed by atoms with Crippen molar-refractivity contribution in [1.82, 2.24) is 19.8 Å². The van der Waals surface area contributed by atoms with Crippen LogP contribution in [0.5, 0.6) is 5.75 Å². The van der Waals surface area contributed by atoms with E-state index in [0.29, 0.717) is 37.5 Å². The Morgan fingerprint density at radius 1 is 1.41 bits per heavy atom. The summed E-state index contributed by atoms with van der Waals surface area (Å²) in [5, 5.41) is 0. The molecular formula is C19H25N5O3. The molecule has 1 aromatic heterocycles. The molecule has 1 atom stereocenters. The van der Waals surface area contributed by atoms with E-state index in [-0.39, 0.29) is 23.5 Å². The summed E-state index contributed by atoms with van der Waals surface area (Å²) < 4.78 is 5.42. The average molecular weight is 371 g/mol. The maximum absolute atomic E-state index is 12.7. The number of amides is 1. The van der Waals surface area contributed by atoms with Crippen molar-refractivity contribution in [2.45, 2.75) is 25.9 Å². The van der Waals surface area contributed by atoms with Crippen molar-refractivity contribution in [3.8, 4) is 5.75 Å². The van der Waals surface area contributed by atoms with Crippen LogP contribution in [0.25, 0.3) is 0 Å². The van der Waals surface area contributed by atoms with Crippen LogP contribution < -0.4 is 16.0 Å². The molecule has 0 aliphatic carbocycles. The Bertz CT molecular complexity index is 849. The number of H-pyrrole nitrogens is 1. The van der Waals surface area contributed by atoms with Crippen LogP contribution in [0, 0.1) is 0 Å². The highest BCUT2D eigenvalue weighted by Crippen LogP contribution is 2.20. The van der Waals surface area contributed by atoms with Crippen LogP contribution in [0.4, 0.5) is 5.95 Å². The highest BCUT2D eigenvalue weighted by molar-refractivity contribution is 5.94. The molecule has 1 amide bonds. The monoisotopic (exact) mass is 371 g/mol. The normalized spacial score (nSPS) is 16.7. The molecule has 1 aromatic carbocycles. The molecule has 1 saturated heterocycles. The first-order valence-corrected chi connectivity index (χ1v) is 9.04. The fourth-order valence-corrected chi connectivity index (χ4v) is 3.32. The number of likely N-dealkylation sites (N-methyl/N-ethyl adjacent to an activating group) is 1. The number of carbonyl (C=O) groups excluding carboxylic acids is 1. The molecule has 144 valence electrons. The van der Waals surface area contributed by atoms with Gasteiger partial charge in [0.15, 0.2) is 0 Å². The van der Waals surface area contributed by atoms with Gasteiger partial charge in [-0.1, -0.05) is 0 Å². The number of rotatable bonds is 6. The van der Waals surface area contributed by atoms with E-state index in [1.165, 1.54) is 6.07 Å². The Balaban J connectivity index is 1.60. The number of carbonyl (C=O) groups is 1. The smallest absolute Gasteiger partial charge is 0.253 e. The fraction of sp³-hybridized carbons (Fsp3) is 0.421. The van der Waals surface area contributed by atoms with Gasteiger partial charge in [-0.2, -0.15) is 0 Å². The highest BCUT2D eigenvalue weighted by Gasteiger charge is 2.29. The molecule has 0 spiro atoms. The van der Waals surface area contributed by atoms with Crippen molar-refractivity contribution in [2.24, 2.45) is 0 Å². The average Bonchev–Trinajstić information content (AvgIpc) is 3.11. The molecule has 3 rings (SSSR count). The highest BCUT2D eigenvalue weighted by atomic mass is 16.5. The summed E-state index contributed by atoms with van der Waals surface area (Å²) in [6, 6.07) is 8.89. The van der Waals surface area contributed by atoms with Crippen molar-refractivity contribution in [1.29, 1.82) is 0 Å². The quantitative estimate of drug-likeness (QED) is 0.788. The molecule has 3 N–H and O–H groups in total. The van der Waals surface area contributed by atoms with E-state index in [1.54, 1.807) is 12.1 Å². The molecule has 0 bridgehead atoms. The number of benzene rings is 1. The number of nitrogen functional groups attached to an aromatic ring is 1. The van der Waals surface area contributed by atoms with Crippen LogP contribution in [-0.4, -0.2) is 58.5 Å². The Morgan fingerprint density at radius 2 is 2.15 bits per heavy atom. The predicted molar refractivity (Wildman–Crippen MR) is 103 cm³/mol. The number of aromatic nitrogens is 2. The summed E-state index contributed by atoms with van der Waals surface area (Å²) in [6.45, 7) is 4.37. The van der Waals surface area contributed by atoms with Crippen LogP contribution in [-0.2, 0) is 6.54 Å². The molecule has 0 radical (unpaired) electrons. The van der Waals surface area contributed by atoms with Crippen molar-refractivity contribution >= 4 is 11.9 Å². The number of nitrogens with two attached hydrogens (primary N) is 1. The number of hydrogen-bond donors (Lipinski definition) is 2. The summed E-state index contributed by atoms with van der Waals surface area (Å²) in [4.78, 5) is 34.8. The minimum Gasteiger partial charge on any atom is -0.494 e. The maximum Gasteiger partial charge on any atom is 0.253 e. The van der Waals surface area contributed by atoms with Gasteiger partial charge in [0.25, 0.3) is 11.5 Å². The molecule has 1 aliphatic rings. The first kappa shape index (κ1) is 18.9. The molecule has 1 aliphatic heterocycles. The van der Waals surface area contributed by atoms with E-state index < -0.39 is 0 Å². The van der Waals surface area contributed by atoms with E-state index in [9.17, 15) is 9.59 Å². The van der Waals surface area contributed by atoms with Crippen molar-refractivity contribution in [3.05, 3.63) is 51.9 Å². The second-order valence-electron chi connectivity index (χ2n) is 6.69.